The molecule has 1 unspecified atom stereocenters. The molecule has 134 valence electrons. The summed E-state index contributed by atoms with van der Waals surface area (Å²) < 4.78 is 14.1. The minimum absolute atomic E-state index is 0.184. The van der Waals surface area contributed by atoms with E-state index in [0.29, 0.717) is 18.7 Å². The number of amides is 2. The molecular weight excluding hydrogens is 309 g/mol. The molecule has 0 saturated carbocycles. The average molecular weight is 337 g/mol. The molecule has 0 aliphatic carbocycles. The van der Waals surface area contributed by atoms with Gasteiger partial charge in [0.25, 0.3) is 0 Å². The number of hydrogen-bond acceptors (Lipinski definition) is 3. The van der Waals surface area contributed by atoms with Gasteiger partial charge in [-0.25, -0.2) is 9.18 Å². The number of hydrogen-bond donors (Lipinski definition) is 2. The predicted molar refractivity (Wildman–Crippen MR) is 92.1 cm³/mol. The van der Waals surface area contributed by atoms with Crippen LogP contribution in [0.5, 0.6) is 0 Å². The van der Waals surface area contributed by atoms with E-state index in [-0.39, 0.29) is 24.4 Å². The Labute approximate surface area is 143 Å². The highest BCUT2D eigenvalue weighted by molar-refractivity contribution is 5.75. The number of nitrogens with one attached hydrogen (secondary N) is 1. The summed E-state index contributed by atoms with van der Waals surface area (Å²) in [6, 6.07) is 4.66. The van der Waals surface area contributed by atoms with E-state index < -0.39 is 5.60 Å². The number of halogens is 1. The van der Waals surface area contributed by atoms with Gasteiger partial charge < -0.3 is 20.2 Å². The number of urea groups is 1. The molecule has 1 fully saturated rings. The maximum absolute atomic E-state index is 14.1. The summed E-state index contributed by atoms with van der Waals surface area (Å²) in [7, 11) is 3.78. The van der Waals surface area contributed by atoms with E-state index in [1.54, 1.807) is 24.8 Å². The number of aliphatic hydroxyl groups is 1. The van der Waals surface area contributed by atoms with Crippen LogP contribution in [0.3, 0.4) is 0 Å². The molecule has 1 saturated heterocycles. The van der Waals surface area contributed by atoms with Gasteiger partial charge in [-0.2, -0.15) is 0 Å². The molecule has 0 radical (unpaired) electrons. The van der Waals surface area contributed by atoms with Crippen LogP contribution in [0.15, 0.2) is 18.2 Å². The van der Waals surface area contributed by atoms with Crippen molar-refractivity contribution < 1.29 is 14.3 Å². The number of rotatable bonds is 5. The highest BCUT2D eigenvalue weighted by atomic mass is 19.1. The number of nitrogens with zero attached hydrogens (tertiary/aromatic N) is 2. The van der Waals surface area contributed by atoms with Gasteiger partial charge in [0.05, 0.1) is 11.6 Å². The second kappa shape index (κ2) is 7.49. The smallest absolute Gasteiger partial charge is 0.318 e. The van der Waals surface area contributed by atoms with Crippen molar-refractivity contribution in [3.63, 3.8) is 0 Å². The molecule has 2 rings (SSSR count). The lowest BCUT2D eigenvalue weighted by Crippen LogP contribution is -2.51. The lowest BCUT2D eigenvalue weighted by Gasteiger charge is -2.33. The van der Waals surface area contributed by atoms with Crippen LogP contribution in [0.4, 0.5) is 9.18 Å². The summed E-state index contributed by atoms with van der Waals surface area (Å²) in [6.45, 7) is 4.90. The van der Waals surface area contributed by atoms with Crippen molar-refractivity contribution in [2.75, 3.05) is 20.6 Å². The van der Waals surface area contributed by atoms with Crippen LogP contribution in [-0.4, -0.2) is 53.2 Å². The third-order valence-electron chi connectivity index (χ3n) is 4.38. The van der Waals surface area contributed by atoms with Crippen LogP contribution >= 0.6 is 0 Å². The average Bonchev–Trinajstić information content (AvgIpc) is 2.96. The molecule has 1 heterocycles. The van der Waals surface area contributed by atoms with E-state index in [1.165, 1.54) is 6.07 Å². The van der Waals surface area contributed by atoms with Gasteiger partial charge in [0.15, 0.2) is 0 Å². The van der Waals surface area contributed by atoms with Crippen LogP contribution in [0, 0.1) is 5.82 Å². The molecule has 1 aliphatic heterocycles. The van der Waals surface area contributed by atoms with Crippen molar-refractivity contribution in [1.29, 1.82) is 0 Å². The van der Waals surface area contributed by atoms with E-state index in [2.05, 4.69) is 5.32 Å². The topological polar surface area (TPSA) is 55.8 Å². The van der Waals surface area contributed by atoms with Crippen LogP contribution in [0.2, 0.25) is 0 Å². The van der Waals surface area contributed by atoms with Crippen LogP contribution in [0.1, 0.15) is 37.8 Å². The lowest BCUT2D eigenvalue weighted by molar-refractivity contribution is 0.00979. The standard InChI is InChI=1S/C18H28FN3O2/c1-18(2,24)16-6-5-9-22(16)17(23)20-11-13-7-8-14(12-21(3)4)15(19)10-13/h7-8,10,16,24H,5-6,9,11-12H2,1-4H3,(H,20,23). The second-order valence-electron chi connectivity index (χ2n) is 7.33. The number of likely N-dealkylation sites (tertiary alicyclic amines) is 1. The molecule has 1 aliphatic rings. The summed E-state index contributed by atoms with van der Waals surface area (Å²) in [5.74, 6) is -0.258. The first-order valence-electron chi connectivity index (χ1n) is 8.37. The molecule has 0 spiro atoms. The van der Waals surface area contributed by atoms with E-state index in [0.717, 1.165) is 18.4 Å². The molecule has 1 aromatic carbocycles. The Bertz CT molecular complexity index is 584. The first-order valence-corrected chi connectivity index (χ1v) is 8.37. The zero-order valence-corrected chi connectivity index (χ0v) is 15.0. The molecule has 1 aromatic rings. The second-order valence-corrected chi connectivity index (χ2v) is 7.33. The summed E-state index contributed by atoms with van der Waals surface area (Å²) in [4.78, 5) is 16.0. The normalized spacial score (nSPS) is 18.3. The minimum Gasteiger partial charge on any atom is -0.388 e. The van der Waals surface area contributed by atoms with Gasteiger partial charge in [-0.05, 0) is 52.4 Å². The van der Waals surface area contributed by atoms with Crippen molar-refractivity contribution >= 4 is 6.03 Å². The lowest BCUT2D eigenvalue weighted by atomic mass is 9.97. The SMILES string of the molecule is CN(C)Cc1ccc(CNC(=O)N2CCCC2C(C)(C)O)cc1F. The predicted octanol–water partition coefficient (Wildman–Crippen LogP) is 2.33. The minimum atomic E-state index is -0.923. The molecule has 2 amide bonds. The van der Waals surface area contributed by atoms with Gasteiger partial charge in [0.2, 0.25) is 0 Å². The van der Waals surface area contributed by atoms with Crippen LogP contribution in [0.25, 0.3) is 0 Å². The first kappa shape index (κ1) is 18.7. The fraction of sp³-hybridized carbons (Fsp3) is 0.611. The Hall–Kier alpha value is -1.66. The molecule has 5 nitrogen and oxygen atoms in total. The summed E-state index contributed by atoms with van der Waals surface area (Å²) in [5.41, 5.74) is 0.437. The molecule has 1 atom stereocenters. The highest BCUT2D eigenvalue weighted by Gasteiger charge is 2.38. The third-order valence-corrected chi connectivity index (χ3v) is 4.38. The van der Waals surface area contributed by atoms with Crippen molar-refractivity contribution in [1.82, 2.24) is 15.1 Å². The van der Waals surface area contributed by atoms with Gasteiger partial charge in [-0.15, -0.1) is 0 Å². The Morgan fingerprint density at radius 2 is 2.17 bits per heavy atom. The van der Waals surface area contributed by atoms with E-state index in [4.69, 9.17) is 0 Å². The Morgan fingerprint density at radius 3 is 2.75 bits per heavy atom. The Morgan fingerprint density at radius 1 is 1.46 bits per heavy atom. The molecular formula is C18H28FN3O2. The maximum Gasteiger partial charge on any atom is 0.318 e. The van der Waals surface area contributed by atoms with Gasteiger partial charge in [0, 0.05) is 25.2 Å². The van der Waals surface area contributed by atoms with Crippen molar-refractivity contribution in [3.8, 4) is 0 Å². The van der Waals surface area contributed by atoms with Crippen molar-refractivity contribution in [2.45, 2.75) is 51.4 Å². The number of benzene rings is 1. The molecule has 0 aromatic heterocycles. The number of carbonyl (C=O) groups is 1. The largest absolute Gasteiger partial charge is 0.388 e. The summed E-state index contributed by atoms with van der Waals surface area (Å²) in [6.07, 6.45) is 1.68. The van der Waals surface area contributed by atoms with Gasteiger partial charge in [0.1, 0.15) is 5.82 Å². The monoisotopic (exact) mass is 337 g/mol. The quantitative estimate of drug-likeness (QED) is 0.867. The zero-order chi connectivity index (χ0) is 17.9. The molecule has 2 N–H and O–H groups in total. The van der Waals surface area contributed by atoms with Crippen LogP contribution in [-0.2, 0) is 13.1 Å². The van der Waals surface area contributed by atoms with E-state index in [1.807, 2.05) is 25.1 Å². The zero-order valence-electron chi connectivity index (χ0n) is 15.0. The Kier molecular flexibility index (Phi) is 5.83. The Balaban J connectivity index is 1.95. The highest BCUT2D eigenvalue weighted by Crippen LogP contribution is 2.26. The van der Waals surface area contributed by atoms with Gasteiger partial charge in [-0.1, -0.05) is 12.1 Å². The molecule has 24 heavy (non-hydrogen) atoms. The van der Waals surface area contributed by atoms with Gasteiger partial charge in [-0.3, -0.25) is 0 Å². The molecule has 6 heteroatoms. The van der Waals surface area contributed by atoms with Gasteiger partial charge >= 0.3 is 6.03 Å². The van der Waals surface area contributed by atoms with Crippen LogP contribution < -0.4 is 5.32 Å². The van der Waals surface area contributed by atoms with E-state index >= 15 is 0 Å². The third kappa shape index (κ3) is 4.68. The van der Waals surface area contributed by atoms with E-state index in [9.17, 15) is 14.3 Å². The molecule has 0 bridgehead atoms. The summed E-state index contributed by atoms with van der Waals surface area (Å²) in [5, 5.41) is 13.0. The fourth-order valence-corrected chi connectivity index (χ4v) is 3.19. The van der Waals surface area contributed by atoms with Crippen molar-refractivity contribution in [2.24, 2.45) is 0 Å². The first-order chi connectivity index (χ1) is 11.2. The number of carbonyl (C=O) groups excluding carboxylic acids is 1. The van der Waals surface area contributed by atoms with Crippen molar-refractivity contribution in [3.05, 3.63) is 35.1 Å². The summed E-state index contributed by atoms with van der Waals surface area (Å²) >= 11 is 0. The fourth-order valence-electron chi connectivity index (χ4n) is 3.19. The maximum atomic E-state index is 14.1.